The van der Waals surface area contributed by atoms with Gasteiger partial charge in [0.15, 0.2) is 6.61 Å². The zero-order valence-electron chi connectivity index (χ0n) is 22.0. The Morgan fingerprint density at radius 2 is 2.00 bits per heavy atom. The molecular formula is C28H29N3O8. The topological polar surface area (TPSA) is 134 Å². The number of carbonyl (C=O) groups is 1. The monoisotopic (exact) mass is 535 g/mol. The minimum absolute atomic E-state index is 0.0108. The number of aryl methyl sites for hydroxylation is 2. The number of fused-ring (bicyclic) bond motifs is 7. The Labute approximate surface area is 223 Å². The maximum absolute atomic E-state index is 13.3. The number of amides is 1. The van der Waals surface area contributed by atoms with Gasteiger partial charge in [0.2, 0.25) is 0 Å². The number of carbonyl (C=O) groups excluding carboxylic acids is 1. The second-order valence-corrected chi connectivity index (χ2v) is 11.4. The molecule has 5 heterocycles. The summed E-state index contributed by atoms with van der Waals surface area (Å²) >= 11 is 0. The van der Waals surface area contributed by atoms with Crippen molar-refractivity contribution in [2.24, 2.45) is 5.92 Å². The molecule has 3 aromatic rings. The lowest BCUT2D eigenvalue weighted by Crippen LogP contribution is -2.50. The summed E-state index contributed by atoms with van der Waals surface area (Å²) in [6, 6.07) is 6.07. The first-order chi connectivity index (χ1) is 18.5. The van der Waals surface area contributed by atoms with Gasteiger partial charge >= 0.3 is 16.9 Å². The Morgan fingerprint density at radius 3 is 2.77 bits per heavy atom. The van der Waals surface area contributed by atoms with Crippen LogP contribution in [-0.4, -0.2) is 45.6 Å². The minimum atomic E-state index is -0.656. The molecule has 11 nitrogen and oxygen atoms in total. The van der Waals surface area contributed by atoms with Crippen molar-refractivity contribution < 1.29 is 23.6 Å². The fourth-order valence-corrected chi connectivity index (χ4v) is 6.24. The van der Waals surface area contributed by atoms with Crippen molar-refractivity contribution in [3.63, 3.8) is 0 Å². The molecule has 0 N–H and O–H groups in total. The summed E-state index contributed by atoms with van der Waals surface area (Å²) in [4.78, 5) is 50.5. The van der Waals surface area contributed by atoms with Crippen LogP contribution in [0.2, 0.25) is 0 Å². The van der Waals surface area contributed by atoms with Crippen LogP contribution < -0.4 is 20.7 Å². The minimum Gasteiger partial charge on any atom is -0.487 e. The number of nitrogens with zero attached hydrogens (tertiary/aromatic N) is 3. The van der Waals surface area contributed by atoms with Gasteiger partial charge < -0.3 is 23.4 Å². The maximum Gasteiger partial charge on any atom is 0.336 e. The van der Waals surface area contributed by atoms with Crippen LogP contribution in [0.3, 0.4) is 0 Å². The molecule has 39 heavy (non-hydrogen) atoms. The molecule has 204 valence electrons. The molecule has 0 aliphatic carbocycles. The Kier molecular flexibility index (Phi) is 5.78. The molecule has 3 aliphatic heterocycles. The number of likely N-dealkylation sites (tertiary alicyclic amines) is 1. The summed E-state index contributed by atoms with van der Waals surface area (Å²) in [5, 5.41) is 11.9. The first-order valence-corrected chi connectivity index (χ1v) is 13.1. The number of benzene rings is 1. The van der Waals surface area contributed by atoms with Gasteiger partial charge in [-0.15, -0.1) is 0 Å². The Bertz CT molecular complexity index is 1650. The van der Waals surface area contributed by atoms with Gasteiger partial charge in [0.05, 0.1) is 10.3 Å². The van der Waals surface area contributed by atoms with Gasteiger partial charge in [-0.2, -0.15) is 0 Å². The number of piperidine rings is 1. The number of aromatic nitrogens is 1. The molecule has 2 aromatic heterocycles. The molecule has 6 rings (SSSR count). The molecular weight excluding hydrogens is 506 g/mol. The van der Waals surface area contributed by atoms with Gasteiger partial charge in [0.25, 0.3) is 5.91 Å². The second kappa shape index (κ2) is 8.96. The van der Waals surface area contributed by atoms with Crippen LogP contribution in [0.5, 0.6) is 11.5 Å². The van der Waals surface area contributed by atoms with E-state index in [4.69, 9.17) is 13.9 Å². The smallest absolute Gasteiger partial charge is 0.336 e. The molecule has 3 aliphatic rings. The highest BCUT2D eigenvalue weighted by molar-refractivity contribution is 5.91. The molecule has 0 spiro atoms. The highest BCUT2D eigenvalue weighted by Crippen LogP contribution is 2.43. The lowest BCUT2D eigenvalue weighted by atomic mass is 9.83. The number of hydrogen-bond donors (Lipinski definition) is 0. The van der Waals surface area contributed by atoms with Gasteiger partial charge in [-0.1, -0.05) is 0 Å². The fourth-order valence-electron chi connectivity index (χ4n) is 6.24. The summed E-state index contributed by atoms with van der Waals surface area (Å²) in [6.45, 7) is 6.74. The summed E-state index contributed by atoms with van der Waals surface area (Å²) in [5.74, 6) is 0.712. The van der Waals surface area contributed by atoms with Crippen molar-refractivity contribution in [3.05, 3.63) is 72.0 Å². The summed E-state index contributed by atoms with van der Waals surface area (Å²) in [5.41, 5.74) is 0.789. The number of pyridine rings is 1. The van der Waals surface area contributed by atoms with Gasteiger partial charge in [-0.3, -0.25) is 19.7 Å². The van der Waals surface area contributed by atoms with Crippen molar-refractivity contribution in [2.75, 3.05) is 19.7 Å². The van der Waals surface area contributed by atoms with Crippen LogP contribution in [0, 0.1) is 23.0 Å². The van der Waals surface area contributed by atoms with Gasteiger partial charge in [0.1, 0.15) is 22.7 Å². The van der Waals surface area contributed by atoms with E-state index in [1.54, 1.807) is 17.0 Å². The molecule has 1 unspecified atom stereocenters. The average molecular weight is 536 g/mol. The first-order valence-electron chi connectivity index (χ1n) is 13.1. The lowest BCUT2D eigenvalue weighted by Gasteiger charge is -2.42. The van der Waals surface area contributed by atoms with E-state index >= 15 is 0 Å². The van der Waals surface area contributed by atoms with E-state index in [0.717, 1.165) is 18.4 Å². The van der Waals surface area contributed by atoms with Crippen molar-refractivity contribution in [3.8, 4) is 11.5 Å². The van der Waals surface area contributed by atoms with Gasteiger partial charge in [0, 0.05) is 55.0 Å². The van der Waals surface area contributed by atoms with Crippen molar-refractivity contribution >= 4 is 22.6 Å². The summed E-state index contributed by atoms with van der Waals surface area (Å²) in [6.07, 6.45) is 2.27. The predicted octanol–water partition coefficient (Wildman–Crippen LogP) is 3.30. The molecule has 2 atom stereocenters. The highest BCUT2D eigenvalue weighted by Gasteiger charge is 2.38. The predicted molar refractivity (Wildman–Crippen MR) is 141 cm³/mol. The quantitative estimate of drug-likeness (QED) is 0.282. The number of hydrogen-bond acceptors (Lipinski definition) is 8. The van der Waals surface area contributed by atoms with Crippen LogP contribution in [-0.2, 0) is 17.8 Å². The van der Waals surface area contributed by atoms with E-state index in [1.807, 2.05) is 20.8 Å². The average Bonchev–Trinajstić information content (AvgIpc) is 2.86. The molecule has 0 radical (unpaired) electrons. The van der Waals surface area contributed by atoms with Crippen LogP contribution in [0.25, 0.3) is 11.0 Å². The van der Waals surface area contributed by atoms with E-state index in [1.165, 1.54) is 16.7 Å². The number of ether oxygens (including phenoxy) is 2. The fraction of sp³-hybridized carbons (Fsp3) is 0.464. The van der Waals surface area contributed by atoms with Crippen LogP contribution >= 0.6 is 0 Å². The van der Waals surface area contributed by atoms with Gasteiger partial charge in [-0.25, -0.2) is 4.79 Å². The summed E-state index contributed by atoms with van der Waals surface area (Å²) < 4.78 is 19.4. The third-order valence-electron chi connectivity index (χ3n) is 8.09. The highest BCUT2D eigenvalue weighted by atomic mass is 16.6. The molecule has 1 aromatic carbocycles. The third kappa shape index (κ3) is 4.35. The molecule has 1 amide bonds. The zero-order valence-corrected chi connectivity index (χ0v) is 22.0. The number of rotatable bonds is 4. The van der Waals surface area contributed by atoms with E-state index in [2.05, 4.69) is 0 Å². The SMILES string of the molecule is Cc1cc(=O)oc2c3c(cc(OCC(=O)N4CC5C[C@@H](C4)Cn4c5ccc([N+](=O)[O-])c4=O)c12)OC(C)(C)CC3. The third-order valence-corrected chi connectivity index (χ3v) is 8.09. The first kappa shape index (κ1) is 25.1. The Hall–Kier alpha value is -4.15. The Balaban J connectivity index is 1.25. The lowest BCUT2D eigenvalue weighted by molar-refractivity contribution is -0.386. The van der Waals surface area contributed by atoms with Gasteiger partial charge in [-0.05, 0) is 57.6 Å². The number of nitro groups is 1. The van der Waals surface area contributed by atoms with Crippen molar-refractivity contribution in [2.45, 2.75) is 58.1 Å². The molecule has 1 saturated heterocycles. The normalized spacial score (nSPS) is 21.1. The summed E-state index contributed by atoms with van der Waals surface area (Å²) in [7, 11) is 0. The molecule has 1 fully saturated rings. The van der Waals surface area contributed by atoms with E-state index < -0.39 is 21.8 Å². The molecule has 11 heteroatoms. The van der Waals surface area contributed by atoms with Crippen LogP contribution in [0.15, 0.2) is 38.3 Å². The largest absolute Gasteiger partial charge is 0.487 e. The molecule has 2 bridgehead atoms. The van der Waals surface area contributed by atoms with Crippen LogP contribution in [0.1, 0.15) is 49.4 Å². The Morgan fingerprint density at radius 1 is 1.21 bits per heavy atom. The molecule has 0 saturated carbocycles. The zero-order chi connectivity index (χ0) is 27.6. The standard InChI is InChI=1S/C28H29N3O8/c1-15-8-24(33)38-26-18-6-7-28(2,3)39-21(18)10-22(25(15)26)37-14-23(32)29-11-16-9-17(13-29)19-4-5-20(31(35)36)27(34)30(19)12-16/h4-5,8,10,16-17H,6-7,9,11-14H2,1-3H3/t16-,17?/m0/s1. The van der Waals surface area contributed by atoms with E-state index in [-0.39, 0.29) is 30.0 Å². The van der Waals surface area contributed by atoms with Crippen molar-refractivity contribution in [1.82, 2.24) is 9.47 Å². The van der Waals surface area contributed by atoms with E-state index in [0.29, 0.717) is 59.8 Å². The van der Waals surface area contributed by atoms with E-state index in [9.17, 15) is 24.5 Å². The van der Waals surface area contributed by atoms with Crippen LogP contribution in [0.4, 0.5) is 5.69 Å². The second-order valence-electron chi connectivity index (χ2n) is 11.4. The van der Waals surface area contributed by atoms with Crippen molar-refractivity contribution in [1.29, 1.82) is 0 Å². The maximum atomic E-state index is 13.3.